The maximum absolute atomic E-state index is 11.8. The number of benzene rings is 1. The summed E-state index contributed by atoms with van der Waals surface area (Å²) >= 11 is 0. The van der Waals surface area contributed by atoms with Crippen molar-refractivity contribution in [1.29, 1.82) is 0 Å². The fraction of sp³-hybridized carbons (Fsp3) is 0.357. The molecule has 1 atom stereocenters. The van der Waals surface area contributed by atoms with Gasteiger partial charge in [-0.2, -0.15) is 0 Å². The van der Waals surface area contributed by atoms with Gasteiger partial charge in [0.2, 0.25) is 0 Å². The summed E-state index contributed by atoms with van der Waals surface area (Å²) < 4.78 is 0. The SMILES string of the molecule is CCC(C)(O)CNc1cc2ccccc2c(=O)[nH]1. The predicted octanol–water partition coefficient (Wildman–Crippen LogP) is 2.10. The molecule has 0 bridgehead atoms. The number of aliphatic hydroxyl groups is 1. The van der Waals surface area contributed by atoms with E-state index < -0.39 is 5.60 Å². The molecular weight excluding hydrogens is 228 g/mol. The molecule has 0 radical (unpaired) electrons. The summed E-state index contributed by atoms with van der Waals surface area (Å²) in [6, 6.07) is 9.30. The molecule has 0 saturated heterocycles. The van der Waals surface area contributed by atoms with Crippen molar-refractivity contribution in [3.8, 4) is 0 Å². The molecule has 0 spiro atoms. The van der Waals surface area contributed by atoms with Gasteiger partial charge in [-0.1, -0.05) is 25.1 Å². The van der Waals surface area contributed by atoms with Crippen molar-refractivity contribution in [3.63, 3.8) is 0 Å². The largest absolute Gasteiger partial charge is 0.388 e. The monoisotopic (exact) mass is 246 g/mol. The normalized spacial score (nSPS) is 14.4. The second-order valence-electron chi connectivity index (χ2n) is 4.80. The number of anilines is 1. The lowest BCUT2D eigenvalue weighted by atomic mass is 10.0. The van der Waals surface area contributed by atoms with E-state index in [0.29, 0.717) is 24.2 Å². The Bertz CT molecular complexity index is 602. The van der Waals surface area contributed by atoms with Gasteiger partial charge < -0.3 is 15.4 Å². The van der Waals surface area contributed by atoms with Crippen LogP contribution in [-0.2, 0) is 0 Å². The summed E-state index contributed by atoms with van der Waals surface area (Å²) in [5.41, 5.74) is -0.894. The third kappa shape index (κ3) is 2.71. The summed E-state index contributed by atoms with van der Waals surface area (Å²) in [4.78, 5) is 14.6. The molecule has 1 heterocycles. The van der Waals surface area contributed by atoms with Crippen LogP contribution in [0.2, 0.25) is 0 Å². The Hall–Kier alpha value is -1.81. The van der Waals surface area contributed by atoms with Crippen molar-refractivity contribution in [2.24, 2.45) is 0 Å². The highest BCUT2D eigenvalue weighted by atomic mass is 16.3. The van der Waals surface area contributed by atoms with Crippen LogP contribution < -0.4 is 10.9 Å². The number of pyridine rings is 1. The average molecular weight is 246 g/mol. The molecule has 18 heavy (non-hydrogen) atoms. The standard InChI is InChI=1S/C14H18N2O2/c1-3-14(2,18)9-15-12-8-10-6-4-5-7-11(10)13(17)16-12/h4-8,18H,3,9H2,1-2H3,(H2,15,16,17). The third-order valence-electron chi connectivity index (χ3n) is 3.17. The predicted molar refractivity (Wildman–Crippen MR) is 74.0 cm³/mol. The molecule has 4 nitrogen and oxygen atoms in total. The van der Waals surface area contributed by atoms with Crippen molar-refractivity contribution < 1.29 is 5.11 Å². The fourth-order valence-corrected chi connectivity index (χ4v) is 1.72. The van der Waals surface area contributed by atoms with Crippen LogP contribution in [0.1, 0.15) is 20.3 Å². The van der Waals surface area contributed by atoms with E-state index in [1.165, 1.54) is 0 Å². The van der Waals surface area contributed by atoms with Gasteiger partial charge in [0.15, 0.2) is 0 Å². The minimum absolute atomic E-state index is 0.119. The first kappa shape index (κ1) is 12.6. The molecule has 1 aromatic heterocycles. The lowest BCUT2D eigenvalue weighted by Gasteiger charge is -2.22. The molecule has 1 unspecified atom stereocenters. The molecule has 0 aliphatic rings. The number of aromatic nitrogens is 1. The van der Waals surface area contributed by atoms with Crippen LogP contribution in [0.4, 0.5) is 5.82 Å². The molecule has 1 aromatic carbocycles. The first-order chi connectivity index (χ1) is 8.52. The van der Waals surface area contributed by atoms with E-state index in [-0.39, 0.29) is 5.56 Å². The molecule has 2 aromatic rings. The van der Waals surface area contributed by atoms with Crippen molar-refractivity contribution in [3.05, 3.63) is 40.7 Å². The zero-order valence-electron chi connectivity index (χ0n) is 10.7. The van der Waals surface area contributed by atoms with E-state index in [2.05, 4.69) is 10.3 Å². The van der Waals surface area contributed by atoms with E-state index >= 15 is 0 Å². The zero-order chi connectivity index (χ0) is 13.2. The van der Waals surface area contributed by atoms with Crippen LogP contribution in [0, 0.1) is 0 Å². The van der Waals surface area contributed by atoms with Gasteiger partial charge in [-0.3, -0.25) is 4.79 Å². The van der Waals surface area contributed by atoms with Gasteiger partial charge in [-0.25, -0.2) is 0 Å². The Morgan fingerprint density at radius 2 is 2.11 bits per heavy atom. The van der Waals surface area contributed by atoms with E-state index in [9.17, 15) is 9.90 Å². The Morgan fingerprint density at radius 3 is 2.83 bits per heavy atom. The molecule has 4 heteroatoms. The van der Waals surface area contributed by atoms with Crippen LogP contribution in [0.25, 0.3) is 10.8 Å². The van der Waals surface area contributed by atoms with E-state index in [1.807, 2.05) is 31.2 Å². The smallest absolute Gasteiger partial charge is 0.257 e. The van der Waals surface area contributed by atoms with Gasteiger partial charge in [-0.05, 0) is 30.9 Å². The first-order valence-corrected chi connectivity index (χ1v) is 6.10. The van der Waals surface area contributed by atoms with Crippen LogP contribution in [0.5, 0.6) is 0 Å². The van der Waals surface area contributed by atoms with E-state index in [0.717, 1.165) is 5.39 Å². The number of nitrogens with one attached hydrogen (secondary N) is 2. The third-order valence-corrected chi connectivity index (χ3v) is 3.17. The van der Waals surface area contributed by atoms with Crippen LogP contribution in [0.15, 0.2) is 35.1 Å². The molecule has 3 N–H and O–H groups in total. The van der Waals surface area contributed by atoms with Gasteiger partial charge >= 0.3 is 0 Å². The fourth-order valence-electron chi connectivity index (χ4n) is 1.72. The summed E-state index contributed by atoms with van der Waals surface area (Å²) in [5, 5.41) is 14.5. The lowest BCUT2D eigenvalue weighted by molar-refractivity contribution is 0.0696. The van der Waals surface area contributed by atoms with Crippen LogP contribution in [-0.4, -0.2) is 22.2 Å². The number of aromatic amines is 1. The Morgan fingerprint density at radius 1 is 1.39 bits per heavy atom. The van der Waals surface area contributed by atoms with Crippen molar-refractivity contribution in [1.82, 2.24) is 4.98 Å². The number of fused-ring (bicyclic) bond motifs is 1. The summed E-state index contributed by atoms with van der Waals surface area (Å²) in [5.74, 6) is 0.632. The molecule has 0 fully saturated rings. The van der Waals surface area contributed by atoms with Crippen LogP contribution >= 0.6 is 0 Å². The topological polar surface area (TPSA) is 65.1 Å². The van der Waals surface area contributed by atoms with E-state index in [4.69, 9.17) is 0 Å². The van der Waals surface area contributed by atoms with Gasteiger partial charge in [0.1, 0.15) is 5.82 Å². The molecule has 96 valence electrons. The number of H-pyrrole nitrogens is 1. The highest BCUT2D eigenvalue weighted by Gasteiger charge is 2.16. The second kappa shape index (κ2) is 4.82. The molecule has 0 aliphatic carbocycles. The number of hydrogen-bond donors (Lipinski definition) is 3. The summed E-state index contributed by atoms with van der Waals surface area (Å²) in [6.07, 6.45) is 0.651. The molecule has 0 aliphatic heterocycles. The highest BCUT2D eigenvalue weighted by Crippen LogP contribution is 2.14. The van der Waals surface area contributed by atoms with Gasteiger partial charge in [0.05, 0.1) is 5.60 Å². The summed E-state index contributed by atoms with van der Waals surface area (Å²) in [7, 11) is 0. The van der Waals surface area contributed by atoms with E-state index in [1.54, 1.807) is 13.0 Å². The lowest BCUT2D eigenvalue weighted by Crippen LogP contribution is -2.33. The minimum atomic E-state index is -0.775. The Balaban J connectivity index is 2.28. The number of rotatable bonds is 4. The maximum atomic E-state index is 11.8. The Labute approximate surface area is 106 Å². The van der Waals surface area contributed by atoms with Crippen molar-refractivity contribution >= 4 is 16.6 Å². The zero-order valence-corrected chi connectivity index (χ0v) is 10.7. The minimum Gasteiger partial charge on any atom is -0.388 e. The van der Waals surface area contributed by atoms with Gasteiger partial charge in [0.25, 0.3) is 5.56 Å². The van der Waals surface area contributed by atoms with Gasteiger partial charge in [-0.15, -0.1) is 0 Å². The summed E-state index contributed by atoms with van der Waals surface area (Å²) in [6.45, 7) is 4.09. The van der Waals surface area contributed by atoms with Crippen LogP contribution in [0.3, 0.4) is 0 Å². The average Bonchev–Trinajstić information content (AvgIpc) is 2.37. The van der Waals surface area contributed by atoms with Crippen molar-refractivity contribution in [2.45, 2.75) is 25.9 Å². The van der Waals surface area contributed by atoms with Gasteiger partial charge in [0, 0.05) is 11.9 Å². The first-order valence-electron chi connectivity index (χ1n) is 6.10. The number of hydrogen-bond acceptors (Lipinski definition) is 3. The van der Waals surface area contributed by atoms with Crippen molar-refractivity contribution in [2.75, 3.05) is 11.9 Å². The molecule has 2 rings (SSSR count). The molecular formula is C14H18N2O2. The second-order valence-corrected chi connectivity index (χ2v) is 4.80. The highest BCUT2D eigenvalue weighted by molar-refractivity contribution is 5.83. The Kier molecular flexibility index (Phi) is 3.39. The molecule has 0 amide bonds. The maximum Gasteiger partial charge on any atom is 0.257 e. The quantitative estimate of drug-likeness (QED) is 0.774. The molecule has 0 saturated carbocycles.